The lowest BCUT2D eigenvalue weighted by Gasteiger charge is -2.37. The van der Waals surface area contributed by atoms with Gasteiger partial charge in [-0.3, -0.25) is 4.90 Å². The molecule has 2 fully saturated rings. The van der Waals surface area contributed by atoms with Crippen LogP contribution in [-0.4, -0.2) is 36.4 Å². The Balaban J connectivity index is 1.92. The first-order chi connectivity index (χ1) is 11.9. The Labute approximate surface area is 151 Å². The van der Waals surface area contributed by atoms with Crippen molar-refractivity contribution in [3.8, 4) is 0 Å². The molecule has 1 saturated heterocycles. The van der Waals surface area contributed by atoms with E-state index in [1.807, 2.05) is 35.2 Å². The van der Waals surface area contributed by atoms with Crippen LogP contribution in [0.4, 0.5) is 18.0 Å². The second kappa shape index (κ2) is 5.87. The quantitative estimate of drug-likeness (QED) is 0.873. The van der Waals surface area contributed by atoms with Crippen LogP contribution in [0.15, 0.2) is 30.3 Å². The monoisotopic (exact) mass is 370 g/mol. The smallest absolute Gasteiger partial charge is 0.404 e. The van der Waals surface area contributed by atoms with Crippen LogP contribution < -0.4 is 5.73 Å². The summed E-state index contributed by atoms with van der Waals surface area (Å²) in [6, 6.07) is 9.42. The SMILES string of the molecule is CC(C)(C)C(OC(N)=O)[C@]12CN(Cc3ccccc3)C[C@]1(C(F)(F)F)C2. The summed E-state index contributed by atoms with van der Waals surface area (Å²) in [6.07, 6.45) is -6.30. The zero-order chi connectivity index (χ0) is 19.4. The van der Waals surface area contributed by atoms with Gasteiger partial charge in [-0.1, -0.05) is 51.1 Å². The number of ether oxygens (including phenoxy) is 1. The van der Waals surface area contributed by atoms with Gasteiger partial charge >= 0.3 is 12.3 Å². The zero-order valence-corrected chi connectivity index (χ0v) is 15.3. The minimum atomic E-state index is -4.36. The van der Waals surface area contributed by atoms with Crippen molar-refractivity contribution in [3.63, 3.8) is 0 Å². The van der Waals surface area contributed by atoms with Gasteiger partial charge in [0.05, 0.1) is 5.41 Å². The normalized spacial score (nSPS) is 29.9. The molecular weight excluding hydrogens is 345 g/mol. The average molecular weight is 370 g/mol. The summed E-state index contributed by atoms with van der Waals surface area (Å²) in [6.45, 7) is 5.95. The van der Waals surface area contributed by atoms with Crippen molar-refractivity contribution in [2.75, 3.05) is 13.1 Å². The number of amides is 1. The van der Waals surface area contributed by atoms with Gasteiger partial charge in [0.1, 0.15) is 6.10 Å². The maximum Gasteiger partial charge on any atom is 0.404 e. The second-order valence-corrected chi connectivity index (χ2v) is 8.73. The Hall–Kier alpha value is -1.76. The Bertz CT molecular complexity index is 686. The summed E-state index contributed by atoms with van der Waals surface area (Å²) in [7, 11) is 0. The predicted molar refractivity (Wildman–Crippen MR) is 91.2 cm³/mol. The molecule has 1 unspecified atom stereocenters. The van der Waals surface area contributed by atoms with Crippen LogP contribution in [0.25, 0.3) is 0 Å². The molecule has 3 atom stereocenters. The Morgan fingerprint density at radius 3 is 2.35 bits per heavy atom. The molecule has 0 aromatic heterocycles. The fourth-order valence-electron chi connectivity index (χ4n) is 4.84. The van der Waals surface area contributed by atoms with E-state index < -0.39 is 34.6 Å². The molecule has 0 bridgehead atoms. The summed E-state index contributed by atoms with van der Waals surface area (Å²) >= 11 is 0. The van der Waals surface area contributed by atoms with Crippen LogP contribution in [0.2, 0.25) is 0 Å². The van der Waals surface area contributed by atoms with Gasteiger partial charge in [0, 0.05) is 25.0 Å². The topological polar surface area (TPSA) is 55.6 Å². The van der Waals surface area contributed by atoms with Gasteiger partial charge in [-0.05, 0) is 17.4 Å². The van der Waals surface area contributed by atoms with E-state index in [1.54, 1.807) is 20.8 Å². The molecule has 1 saturated carbocycles. The van der Waals surface area contributed by atoms with Crippen LogP contribution in [0.3, 0.4) is 0 Å². The number of likely N-dealkylation sites (tertiary alicyclic amines) is 1. The molecular formula is C19H25F3N2O2. The standard InChI is InChI=1S/C19H25F3N2O2/c1-16(2,3)14(26-15(23)25)17-10-18(17,19(20,21)22)12-24(11-17)9-13-7-5-4-6-8-13/h4-8,14H,9-12H2,1-3H3,(H2,23,25)/t14?,17-,18+/m0/s1. The summed E-state index contributed by atoms with van der Waals surface area (Å²) in [5.74, 6) is 0. The summed E-state index contributed by atoms with van der Waals surface area (Å²) in [4.78, 5) is 13.2. The van der Waals surface area contributed by atoms with Crippen LogP contribution >= 0.6 is 0 Å². The molecule has 2 aliphatic rings. The molecule has 7 heteroatoms. The first-order valence-corrected chi connectivity index (χ1v) is 8.70. The fraction of sp³-hybridized carbons (Fsp3) is 0.632. The Kier molecular flexibility index (Phi) is 4.30. The number of benzene rings is 1. The molecule has 3 rings (SSSR count). The van der Waals surface area contributed by atoms with Crippen molar-refractivity contribution in [1.29, 1.82) is 0 Å². The highest BCUT2D eigenvalue weighted by atomic mass is 19.4. The summed E-state index contributed by atoms with van der Waals surface area (Å²) < 4.78 is 47.4. The number of carbonyl (C=O) groups is 1. The lowest BCUT2D eigenvalue weighted by atomic mass is 9.76. The van der Waals surface area contributed by atoms with E-state index in [4.69, 9.17) is 10.5 Å². The number of carbonyl (C=O) groups excluding carboxylic acids is 1. The van der Waals surface area contributed by atoms with Crippen molar-refractivity contribution in [2.45, 2.75) is 46.0 Å². The minimum absolute atomic E-state index is 0.0238. The largest absolute Gasteiger partial charge is 0.445 e. The first kappa shape index (κ1) is 19.0. The maximum atomic E-state index is 14.0. The molecule has 26 heavy (non-hydrogen) atoms. The minimum Gasteiger partial charge on any atom is -0.445 e. The number of halogens is 3. The Morgan fingerprint density at radius 1 is 1.23 bits per heavy atom. The number of nitrogens with two attached hydrogens (primary N) is 1. The molecule has 4 nitrogen and oxygen atoms in total. The lowest BCUT2D eigenvalue weighted by Crippen LogP contribution is -2.46. The molecule has 2 N–H and O–H groups in total. The fourth-order valence-corrected chi connectivity index (χ4v) is 4.84. The van der Waals surface area contributed by atoms with Crippen LogP contribution in [0, 0.1) is 16.2 Å². The van der Waals surface area contributed by atoms with Gasteiger partial charge in [-0.25, -0.2) is 4.79 Å². The third-order valence-corrected chi connectivity index (χ3v) is 5.76. The third-order valence-electron chi connectivity index (χ3n) is 5.76. The molecule has 1 aliphatic heterocycles. The van der Waals surface area contributed by atoms with E-state index in [2.05, 4.69) is 0 Å². The third kappa shape index (κ3) is 2.96. The number of fused-ring (bicyclic) bond motifs is 1. The van der Waals surface area contributed by atoms with E-state index in [1.165, 1.54) is 0 Å². The molecule has 0 spiro atoms. The molecule has 1 heterocycles. The van der Waals surface area contributed by atoms with E-state index in [9.17, 15) is 18.0 Å². The van der Waals surface area contributed by atoms with Crippen LogP contribution in [0.5, 0.6) is 0 Å². The van der Waals surface area contributed by atoms with Gasteiger partial charge in [-0.2, -0.15) is 13.2 Å². The second-order valence-electron chi connectivity index (χ2n) is 8.73. The van der Waals surface area contributed by atoms with Crippen molar-refractivity contribution in [3.05, 3.63) is 35.9 Å². The van der Waals surface area contributed by atoms with Gasteiger partial charge in [-0.15, -0.1) is 0 Å². The maximum absolute atomic E-state index is 14.0. The van der Waals surface area contributed by atoms with Gasteiger partial charge in [0.25, 0.3) is 0 Å². The molecule has 1 amide bonds. The molecule has 1 aromatic rings. The van der Waals surface area contributed by atoms with E-state index in [0.717, 1.165) is 5.56 Å². The number of primary amides is 1. The number of nitrogens with zero attached hydrogens (tertiary/aromatic N) is 1. The van der Waals surface area contributed by atoms with Crippen LogP contribution in [0.1, 0.15) is 32.8 Å². The van der Waals surface area contributed by atoms with Gasteiger partial charge in [0.2, 0.25) is 0 Å². The van der Waals surface area contributed by atoms with E-state index in [0.29, 0.717) is 6.54 Å². The van der Waals surface area contributed by atoms with E-state index >= 15 is 0 Å². The van der Waals surface area contributed by atoms with Crippen LogP contribution in [-0.2, 0) is 11.3 Å². The first-order valence-electron chi connectivity index (χ1n) is 8.70. The highest BCUT2D eigenvalue weighted by Crippen LogP contribution is 2.78. The van der Waals surface area contributed by atoms with Crippen molar-refractivity contribution in [2.24, 2.45) is 22.0 Å². The molecule has 0 radical (unpaired) electrons. The van der Waals surface area contributed by atoms with Crippen molar-refractivity contribution < 1.29 is 22.7 Å². The van der Waals surface area contributed by atoms with Crippen molar-refractivity contribution >= 4 is 6.09 Å². The predicted octanol–water partition coefficient (Wildman–Crippen LogP) is 3.95. The van der Waals surface area contributed by atoms with Crippen molar-refractivity contribution in [1.82, 2.24) is 4.90 Å². The number of hydrogen-bond acceptors (Lipinski definition) is 3. The van der Waals surface area contributed by atoms with E-state index in [-0.39, 0.29) is 19.5 Å². The number of alkyl halides is 3. The highest BCUT2D eigenvalue weighted by molar-refractivity contribution is 5.65. The number of hydrogen-bond donors (Lipinski definition) is 1. The van der Waals surface area contributed by atoms with Gasteiger partial charge in [0.15, 0.2) is 0 Å². The molecule has 144 valence electrons. The average Bonchev–Trinajstić information content (AvgIpc) is 3.03. The number of piperidine rings is 1. The zero-order valence-electron chi connectivity index (χ0n) is 15.3. The highest BCUT2D eigenvalue weighted by Gasteiger charge is 2.86. The summed E-state index contributed by atoms with van der Waals surface area (Å²) in [5.41, 5.74) is 2.51. The number of rotatable bonds is 4. The summed E-state index contributed by atoms with van der Waals surface area (Å²) in [5, 5.41) is 0. The molecule has 1 aliphatic carbocycles. The lowest BCUT2D eigenvalue weighted by molar-refractivity contribution is -0.200. The van der Waals surface area contributed by atoms with Gasteiger partial charge < -0.3 is 10.5 Å². The molecule has 1 aromatic carbocycles. The Morgan fingerprint density at radius 2 is 1.85 bits per heavy atom.